The van der Waals surface area contributed by atoms with Gasteiger partial charge in [0.2, 0.25) is 11.8 Å². The summed E-state index contributed by atoms with van der Waals surface area (Å²) in [5.41, 5.74) is 1.23. The van der Waals surface area contributed by atoms with Crippen molar-refractivity contribution in [3.63, 3.8) is 0 Å². The van der Waals surface area contributed by atoms with Crippen LogP contribution in [-0.4, -0.2) is 61.4 Å². The summed E-state index contributed by atoms with van der Waals surface area (Å²) in [5, 5.41) is 2.93. The van der Waals surface area contributed by atoms with Crippen molar-refractivity contribution in [3.8, 4) is 0 Å². The minimum absolute atomic E-state index is 0.0253. The third kappa shape index (κ3) is 4.86. The lowest BCUT2D eigenvalue weighted by Crippen LogP contribution is -2.41. The van der Waals surface area contributed by atoms with Crippen molar-refractivity contribution in [1.82, 2.24) is 15.1 Å². The zero-order valence-corrected chi connectivity index (χ0v) is 12.7. The van der Waals surface area contributed by atoms with E-state index in [1.165, 1.54) is 5.56 Å². The van der Waals surface area contributed by atoms with E-state index in [2.05, 4.69) is 17.4 Å². The minimum Gasteiger partial charge on any atom is -0.350 e. The molecule has 2 amide bonds. The van der Waals surface area contributed by atoms with E-state index in [0.717, 1.165) is 6.42 Å². The van der Waals surface area contributed by atoms with Gasteiger partial charge < -0.3 is 15.1 Å². The number of hydrogen-bond donors (Lipinski definition) is 1. The summed E-state index contributed by atoms with van der Waals surface area (Å²) in [7, 11) is 3.71. The summed E-state index contributed by atoms with van der Waals surface area (Å²) in [6.45, 7) is 1.68. The molecule has 1 heterocycles. The molecular formula is C16H23N3O2. The van der Waals surface area contributed by atoms with Crippen LogP contribution >= 0.6 is 0 Å². The van der Waals surface area contributed by atoms with Crippen molar-refractivity contribution in [1.29, 1.82) is 0 Å². The number of carbonyl (C=O) groups excluding carboxylic acids is 2. The average Bonchev–Trinajstić information content (AvgIpc) is 2.76. The molecule has 1 saturated heterocycles. The zero-order valence-electron chi connectivity index (χ0n) is 12.7. The first kappa shape index (κ1) is 15.5. The maximum Gasteiger partial charge on any atom is 0.234 e. The van der Waals surface area contributed by atoms with Crippen molar-refractivity contribution >= 4 is 11.8 Å². The number of amides is 2. The Morgan fingerprint density at radius 3 is 2.71 bits per heavy atom. The summed E-state index contributed by atoms with van der Waals surface area (Å²) < 4.78 is 0. The van der Waals surface area contributed by atoms with Crippen LogP contribution in [0.15, 0.2) is 30.3 Å². The van der Waals surface area contributed by atoms with Crippen LogP contribution in [0.25, 0.3) is 0 Å². The van der Waals surface area contributed by atoms with Crippen molar-refractivity contribution in [2.24, 2.45) is 0 Å². The molecule has 21 heavy (non-hydrogen) atoms. The Morgan fingerprint density at radius 2 is 2.05 bits per heavy atom. The predicted molar refractivity (Wildman–Crippen MR) is 81.8 cm³/mol. The van der Waals surface area contributed by atoms with Crippen molar-refractivity contribution in [2.75, 3.05) is 33.7 Å². The van der Waals surface area contributed by atoms with Gasteiger partial charge in [0.25, 0.3) is 0 Å². The number of likely N-dealkylation sites (tertiary alicyclic amines) is 1. The van der Waals surface area contributed by atoms with Crippen LogP contribution in [0.2, 0.25) is 0 Å². The second-order valence-corrected chi connectivity index (χ2v) is 5.78. The molecule has 0 unspecified atom stereocenters. The molecule has 114 valence electrons. The first-order valence-electron chi connectivity index (χ1n) is 7.30. The maximum absolute atomic E-state index is 12.0. The molecule has 1 aliphatic heterocycles. The van der Waals surface area contributed by atoms with Crippen LogP contribution in [0, 0.1) is 0 Å². The van der Waals surface area contributed by atoms with Gasteiger partial charge in [0.05, 0.1) is 12.6 Å². The normalized spacial score (nSPS) is 18.3. The second kappa shape index (κ2) is 7.22. The van der Waals surface area contributed by atoms with Gasteiger partial charge in [-0.2, -0.15) is 0 Å². The van der Waals surface area contributed by atoms with Crippen LogP contribution < -0.4 is 5.32 Å². The van der Waals surface area contributed by atoms with Gasteiger partial charge in [-0.15, -0.1) is 0 Å². The molecule has 1 aromatic rings. The lowest BCUT2D eigenvalue weighted by Gasteiger charge is -2.18. The Balaban J connectivity index is 1.78. The number of hydrogen-bond acceptors (Lipinski definition) is 3. The summed E-state index contributed by atoms with van der Waals surface area (Å²) in [4.78, 5) is 27.4. The quantitative estimate of drug-likeness (QED) is 0.830. The molecule has 1 aliphatic rings. The number of carbonyl (C=O) groups is 2. The average molecular weight is 289 g/mol. The maximum atomic E-state index is 12.0. The van der Waals surface area contributed by atoms with Gasteiger partial charge in [0.1, 0.15) is 0 Å². The Kier molecular flexibility index (Phi) is 5.33. The number of nitrogens with zero attached hydrogens (tertiary/aromatic N) is 2. The molecule has 5 heteroatoms. The van der Waals surface area contributed by atoms with Crippen LogP contribution in [0.4, 0.5) is 0 Å². The van der Waals surface area contributed by atoms with E-state index in [4.69, 9.17) is 0 Å². The molecule has 1 aromatic carbocycles. The van der Waals surface area contributed by atoms with Crippen molar-refractivity contribution in [2.45, 2.75) is 18.9 Å². The molecule has 1 atom stereocenters. The standard InChI is InChI=1S/C16H23N3O2/c1-18(2)12-15(20)17-14-10-16(21)19(11-14)9-8-13-6-4-3-5-7-13/h3-7,14H,8-12H2,1-2H3,(H,17,20)/t14-/m0/s1. The van der Waals surface area contributed by atoms with E-state index in [1.54, 1.807) is 0 Å². The van der Waals surface area contributed by atoms with E-state index in [9.17, 15) is 9.59 Å². The molecule has 0 spiro atoms. The van der Waals surface area contributed by atoms with E-state index >= 15 is 0 Å². The molecule has 0 saturated carbocycles. The molecule has 5 nitrogen and oxygen atoms in total. The molecule has 0 aromatic heterocycles. The van der Waals surface area contributed by atoms with Crippen LogP contribution in [-0.2, 0) is 16.0 Å². The van der Waals surface area contributed by atoms with E-state index in [1.807, 2.05) is 42.1 Å². The van der Waals surface area contributed by atoms with Gasteiger partial charge in [0.15, 0.2) is 0 Å². The molecule has 2 rings (SSSR count). The number of nitrogens with one attached hydrogen (secondary N) is 1. The van der Waals surface area contributed by atoms with Crippen molar-refractivity contribution in [3.05, 3.63) is 35.9 Å². The molecule has 0 bridgehead atoms. The summed E-state index contributed by atoms with van der Waals surface area (Å²) >= 11 is 0. The lowest BCUT2D eigenvalue weighted by atomic mass is 10.1. The fourth-order valence-electron chi connectivity index (χ4n) is 2.55. The highest BCUT2D eigenvalue weighted by atomic mass is 16.2. The molecular weight excluding hydrogens is 266 g/mol. The monoisotopic (exact) mass is 289 g/mol. The molecule has 0 radical (unpaired) electrons. The van der Waals surface area contributed by atoms with E-state index < -0.39 is 0 Å². The van der Waals surface area contributed by atoms with E-state index in [-0.39, 0.29) is 17.9 Å². The number of rotatable bonds is 6. The zero-order chi connectivity index (χ0) is 15.2. The van der Waals surface area contributed by atoms with Gasteiger partial charge in [-0.05, 0) is 26.1 Å². The Morgan fingerprint density at radius 1 is 1.33 bits per heavy atom. The lowest BCUT2D eigenvalue weighted by molar-refractivity contribution is -0.127. The first-order valence-corrected chi connectivity index (χ1v) is 7.30. The van der Waals surface area contributed by atoms with Gasteiger partial charge >= 0.3 is 0 Å². The fourth-order valence-corrected chi connectivity index (χ4v) is 2.55. The Bertz CT molecular complexity index is 488. The highest BCUT2D eigenvalue weighted by Gasteiger charge is 2.30. The number of benzene rings is 1. The predicted octanol–water partition coefficient (Wildman–Crippen LogP) is 0.508. The fraction of sp³-hybridized carbons (Fsp3) is 0.500. The summed E-state index contributed by atoms with van der Waals surface area (Å²) in [6, 6.07) is 10.1. The SMILES string of the molecule is CN(C)CC(=O)N[C@H]1CC(=O)N(CCc2ccccc2)C1. The third-order valence-electron chi connectivity index (χ3n) is 3.55. The number of likely N-dealkylation sites (N-methyl/N-ethyl adjacent to an activating group) is 1. The first-order chi connectivity index (χ1) is 10.0. The highest BCUT2D eigenvalue weighted by molar-refractivity contribution is 5.83. The van der Waals surface area contributed by atoms with Crippen molar-refractivity contribution < 1.29 is 9.59 Å². The minimum atomic E-state index is -0.0549. The van der Waals surface area contributed by atoms with E-state index in [0.29, 0.717) is 26.1 Å². The largest absolute Gasteiger partial charge is 0.350 e. The molecule has 1 fully saturated rings. The van der Waals surface area contributed by atoms with Gasteiger partial charge in [-0.1, -0.05) is 30.3 Å². The molecule has 1 N–H and O–H groups in total. The molecule has 0 aliphatic carbocycles. The highest BCUT2D eigenvalue weighted by Crippen LogP contribution is 2.12. The van der Waals surface area contributed by atoms with Crippen LogP contribution in [0.3, 0.4) is 0 Å². The Labute approximate surface area is 125 Å². The van der Waals surface area contributed by atoms with Crippen LogP contribution in [0.1, 0.15) is 12.0 Å². The summed E-state index contributed by atoms with van der Waals surface area (Å²) in [6.07, 6.45) is 1.26. The smallest absolute Gasteiger partial charge is 0.234 e. The second-order valence-electron chi connectivity index (χ2n) is 5.78. The van der Waals surface area contributed by atoms with Crippen LogP contribution in [0.5, 0.6) is 0 Å². The third-order valence-corrected chi connectivity index (χ3v) is 3.55. The Hall–Kier alpha value is -1.88. The van der Waals surface area contributed by atoms with Gasteiger partial charge in [-0.25, -0.2) is 0 Å². The van der Waals surface area contributed by atoms with Gasteiger partial charge in [0, 0.05) is 19.5 Å². The van der Waals surface area contributed by atoms with Gasteiger partial charge in [-0.3, -0.25) is 9.59 Å². The topological polar surface area (TPSA) is 52.7 Å². The summed E-state index contributed by atoms with van der Waals surface area (Å²) in [5.74, 6) is 0.101.